The summed E-state index contributed by atoms with van der Waals surface area (Å²) in [5.41, 5.74) is 6.72. The second kappa shape index (κ2) is 15.0. The molecule has 0 aliphatic heterocycles. The van der Waals surface area contributed by atoms with Crippen molar-refractivity contribution in [3.05, 3.63) is 23.2 Å². The number of aryl methyl sites for hydroxylation is 2. The third-order valence-electron chi connectivity index (χ3n) is 8.25. The summed E-state index contributed by atoms with van der Waals surface area (Å²) in [7, 11) is 0. The van der Waals surface area contributed by atoms with Crippen LogP contribution in [0.1, 0.15) is 98.9 Å². The Morgan fingerprint density at radius 2 is 1.50 bits per heavy atom. The van der Waals surface area contributed by atoms with Gasteiger partial charge in [-0.2, -0.15) is 0 Å². The molecule has 11 heteroatoms. The lowest BCUT2D eigenvalue weighted by atomic mass is 9.84. The van der Waals surface area contributed by atoms with E-state index in [2.05, 4.69) is 10.6 Å². The molecule has 3 rings (SSSR count). The number of aliphatic carboxylic acids is 1. The number of amides is 4. The van der Waals surface area contributed by atoms with E-state index in [1.165, 1.54) is 12.5 Å². The molecule has 1 aromatic rings. The Labute approximate surface area is 235 Å². The van der Waals surface area contributed by atoms with E-state index in [4.69, 9.17) is 10.2 Å². The molecule has 4 amide bonds. The molecule has 0 bridgehead atoms. The summed E-state index contributed by atoms with van der Waals surface area (Å²) in [4.78, 5) is 64.5. The zero-order chi connectivity index (χ0) is 29.2. The fourth-order valence-electron chi connectivity index (χ4n) is 5.79. The maximum Gasteiger partial charge on any atom is 0.326 e. The van der Waals surface area contributed by atoms with Crippen LogP contribution in [0.4, 0.5) is 0 Å². The summed E-state index contributed by atoms with van der Waals surface area (Å²) >= 11 is 0. The van der Waals surface area contributed by atoms with Crippen LogP contribution in [0.25, 0.3) is 0 Å². The van der Waals surface area contributed by atoms with Crippen LogP contribution in [0.15, 0.2) is 10.5 Å². The number of nitrogens with zero attached hydrogens (tertiary/aromatic N) is 1. The van der Waals surface area contributed by atoms with Gasteiger partial charge in [0.25, 0.3) is 5.91 Å². The van der Waals surface area contributed by atoms with Crippen LogP contribution in [0.2, 0.25) is 0 Å². The Bertz CT molecular complexity index is 1040. The van der Waals surface area contributed by atoms with Crippen molar-refractivity contribution < 1.29 is 33.5 Å². The number of hydrogen-bond acceptors (Lipinski definition) is 7. The second-order valence-electron chi connectivity index (χ2n) is 11.4. The van der Waals surface area contributed by atoms with Gasteiger partial charge in [-0.25, -0.2) is 4.79 Å². The second-order valence-corrected chi connectivity index (χ2v) is 11.4. The molecule has 5 N–H and O–H groups in total. The normalized spacial score (nSPS) is 18.0. The molecule has 11 nitrogen and oxygen atoms in total. The largest absolute Gasteiger partial charge is 0.480 e. The number of carboxylic acid groups (broad SMARTS) is 1. The zero-order valence-electron chi connectivity index (χ0n) is 23.7. The Hall–Kier alpha value is -3.21. The molecule has 2 aliphatic rings. The fraction of sp³-hybridized carbons (Fsp3) is 0.690. The standard InChI is InChI=1S/C29H44N4O7/c1-18-13-24(40-19(18)2)28(37)33(23(29(38)39)15-21-11-7-4-8-12-21)26(35)17-31-25(34)16-32-27(36)22(30)14-20-9-5-3-6-10-20/h13,20-23H,3-12,14-17,30H2,1-2H3,(H,31,34)(H,32,36)(H,38,39)/t22-,23-/m0/s1. The van der Waals surface area contributed by atoms with E-state index in [1.807, 2.05) is 0 Å². The highest BCUT2D eigenvalue weighted by Crippen LogP contribution is 2.30. The molecular weight excluding hydrogens is 516 g/mol. The van der Waals surface area contributed by atoms with Crippen LogP contribution >= 0.6 is 0 Å². The molecule has 2 aliphatic carbocycles. The molecule has 2 atom stereocenters. The van der Waals surface area contributed by atoms with Crippen molar-refractivity contribution in [1.82, 2.24) is 15.5 Å². The zero-order valence-corrected chi connectivity index (χ0v) is 23.7. The maximum absolute atomic E-state index is 13.4. The fourth-order valence-corrected chi connectivity index (χ4v) is 5.79. The van der Waals surface area contributed by atoms with Crippen molar-refractivity contribution in [2.24, 2.45) is 17.6 Å². The molecule has 1 heterocycles. The summed E-state index contributed by atoms with van der Waals surface area (Å²) < 4.78 is 5.51. The van der Waals surface area contributed by atoms with E-state index < -0.39 is 48.2 Å². The minimum Gasteiger partial charge on any atom is -0.480 e. The van der Waals surface area contributed by atoms with E-state index >= 15 is 0 Å². The minimum atomic E-state index is -1.40. The van der Waals surface area contributed by atoms with Gasteiger partial charge in [-0.05, 0) is 50.2 Å². The first-order valence-electron chi connectivity index (χ1n) is 14.5. The molecular formula is C29H44N4O7. The van der Waals surface area contributed by atoms with Gasteiger partial charge in [0, 0.05) is 0 Å². The van der Waals surface area contributed by atoms with E-state index in [1.54, 1.807) is 13.8 Å². The Morgan fingerprint density at radius 1 is 0.925 bits per heavy atom. The van der Waals surface area contributed by atoms with Gasteiger partial charge in [0.1, 0.15) is 11.8 Å². The van der Waals surface area contributed by atoms with Gasteiger partial charge in [0.05, 0.1) is 19.1 Å². The third-order valence-corrected chi connectivity index (χ3v) is 8.25. The molecule has 0 radical (unpaired) electrons. The molecule has 2 fully saturated rings. The smallest absolute Gasteiger partial charge is 0.326 e. The first-order chi connectivity index (χ1) is 19.1. The first kappa shape index (κ1) is 31.3. The van der Waals surface area contributed by atoms with E-state index in [0.717, 1.165) is 57.8 Å². The molecule has 1 aromatic heterocycles. The van der Waals surface area contributed by atoms with Crippen molar-refractivity contribution in [2.75, 3.05) is 13.1 Å². The highest BCUT2D eigenvalue weighted by atomic mass is 16.4. The monoisotopic (exact) mass is 560 g/mol. The average molecular weight is 561 g/mol. The quantitative estimate of drug-likeness (QED) is 0.302. The SMILES string of the molecule is Cc1cc(C(=O)N(C(=O)CNC(=O)CNC(=O)[C@@H](N)CC2CCCCC2)[C@@H](CC2CCCCC2)C(=O)O)oc1C. The lowest BCUT2D eigenvalue weighted by Gasteiger charge is -2.31. The first-order valence-corrected chi connectivity index (χ1v) is 14.5. The number of rotatable bonds is 12. The number of nitrogens with two attached hydrogens (primary N) is 1. The van der Waals surface area contributed by atoms with Gasteiger partial charge in [0.2, 0.25) is 17.7 Å². The van der Waals surface area contributed by atoms with Crippen LogP contribution in [-0.4, -0.2) is 64.8 Å². The van der Waals surface area contributed by atoms with Crippen molar-refractivity contribution >= 4 is 29.6 Å². The van der Waals surface area contributed by atoms with E-state index in [9.17, 15) is 29.1 Å². The van der Waals surface area contributed by atoms with Gasteiger partial charge in [-0.1, -0.05) is 64.2 Å². The van der Waals surface area contributed by atoms with E-state index in [-0.39, 0.29) is 24.6 Å². The van der Waals surface area contributed by atoms with Gasteiger partial charge >= 0.3 is 5.97 Å². The number of carboxylic acids is 1. The van der Waals surface area contributed by atoms with Crippen molar-refractivity contribution in [1.29, 1.82) is 0 Å². The highest BCUT2D eigenvalue weighted by molar-refractivity contribution is 6.07. The van der Waals surface area contributed by atoms with Crippen LogP contribution in [0.3, 0.4) is 0 Å². The van der Waals surface area contributed by atoms with Crippen molar-refractivity contribution in [3.63, 3.8) is 0 Å². The van der Waals surface area contributed by atoms with E-state index in [0.29, 0.717) is 28.6 Å². The average Bonchev–Trinajstić information content (AvgIpc) is 3.28. The van der Waals surface area contributed by atoms with Gasteiger partial charge < -0.3 is 25.9 Å². The van der Waals surface area contributed by atoms with Gasteiger partial charge in [-0.3, -0.25) is 24.1 Å². The van der Waals surface area contributed by atoms with Gasteiger partial charge in [-0.15, -0.1) is 0 Å². The predicted molar refractivity (Wildman–Crippen MR) is 147 cm³/mol. The molecule has 0 aromatic carbocycles. The van der Waals surface area contributed by atoms with Crippen LogP contribution in [-0.2, 0) is 19.2 Å². The number of carbonyl (C=O) groups excluding carboxylic acids is 4. The number of carbonyl (C=O) groups is 5. The topological polar surface area (TPSA) is 172 Å². The summed E-state index contributed by atoms with van der Waals surface area (Å²) in [5.74, 6) is -3.28. The Morgan fingerprint density at radius 3 is 2.02 bits per heavy atom. The Balaban J connectivity index is 1.62. The molecule has 0 saturated heterocycles. The van der Waals surface area contributed by atoms with Crippen LogP contribution in [0.5, 0.6) is 0 Å². The number of hydrogen-bond donors (Lipinski definition) is 4. The molecule has 40 heavy (non-hydrogen) atoms. The molecule has 0 spiro atoms. The third kappa shape index (κ3) is 8.90. The summed E-state index contributed by atoms with van der Waals surface area (Å²) in [6.07, 6.45) is 11.0. The van der Waals surface area contributed by atoms with Gasteiger partial charge in [0.15, 0.2) is 5.76 Å². The van der Waals surface area contributed by atoms with Crippen LogP contribution < -0.4 is 16.4 Å². The highest BCUT2D eigenvalue weighted by Gasteiger charge is 2.38. The number of nitrogens with one attached hydrogen (secondary N) is 2. The van der Waals surface area contributed by atoms with Crippen molar-refractivity contribution in [3.8, 4) is 0 Å². The predicted octanol–water partition coefficient (Wildman–Crippen LogP) is 2.82. The minimum absolute atomic E-state index is 0.0700. The lowest BCUT2D eigenvalue weighted by Crippen LogP contribution is -2.53. The summed E-state index contributed by atoms with van der Waals surface area (Å²) in [6, 6.07) is -0.646. The lowest BCUT2D eigenvalue weighted by molar-refractivity contribution is -0.148. The summed E-state index contributed by atoms with van der Waals surface area (Å²) in [6.45, 7) is 2.42. The summed E-state index contributed by atoms with van der Waals surface area (Å²) in [5, 5.41) is 14.9. The molecule has 2 saturated carbocycles. The van der Waals surface area contributed by atoms with Crippen molar-refractivity contribution in [2.45, 2.75) is 103 Å². The molecule has 0 unspecified atom stereocenters. The molecule has 222 valence electrons. The Kier molecular flexibility index (Phi) is 11.7. The number of imide groups is 1. The van der Waals surface area contributed by atoms with Crippen LogP contribution in [0, 0.1) is 25.7 Å². The maximum atomic E-state index is 13.4. The number of furan rings is 1.